The number of rotatable bonds is 5. The van der Waals surface area contributed by atoms with Crippen LogP contribution in [-0.4, -0.2) is 54.6 Å². The number of anilines is 1. The maximum absolute atomic E-state index is 13.1. The number of nitrogens with zero attached hydrogens (tertiary/aromatic N) is 5. The molecular weight excluding hydrogens is 370 g/mol. The zero-order chi connectivity index (χ0) is 18.9. The van der Waals surface area contributed by atoms with Crippen molar-refractivity contribution in [2.24, 2.45) is 0 Å². The van der Waals surface area contributed by atoms with E-state index in [2.05, 4.69) is 15.4 Å². The van der Waals surface area contributed by atoms with Gasteiger partial charge in [0.05, 0.1) is 24.6 Å². The molecule has 1 aliphatic heterocycles. The van der Waals surface area contributed by atoms with E-state index in [1.807, 2.05) is 35.2 Å². The third-order valence-corrected chi connectivity index (χ3v) is 5.71. The number of hydrogen-bond donors (Lipinski definition) is 0. The lowest BCUT2D eigenvalue weighted by molar-refractivity contribution is 0.122. The Morgan fingerprint density at radius 3 is 2.52 bits per heavy atom. The van der Waals surface area contributed by atoms with E-state index in [9.17, 15) is 8.42 Å². The summed E-state index contributed by atoms with van der Waals surface area (Å²) in [6.45, 7) is 4.07. The first-order chi connectivity index (χ1) is 13.0. The van der Waals surface area contributed by atoms with E-state index >= 15 is 0 Å². The predicted octanol–water partition coefficient (Wildman–Crippen LogP) is 1.37. The minimum absolute atomic E-state index is 0.115. The molecule has 0 aliphatic carbocycles. The molecule has 4 rings (SSSR count). The molecule has 10 heteroatoms. The number of para-hydroxylation sites is 1. The molecule has 1 saturated heterocycles. The van der Waals surface area contributed by atoms with Crippen LogP contribution in [0.3, 0.4) is 0 Å². The van der Waals surface area contributed by atoms with Gasteiger partial charge in [0, 0.05) is 19.2 Å². The lowest BCUT2D eigenvalue weighted by Crippen LogP contribution is -2.38. The maximum Gasteiger partial charge on any atom is 0.256 e. The first-order valence-electron chi connectivity index (χ1n) is 8.53. The molecule has 9 nitrogen and oxygen atoms in total. The molecule has 0 atom stereocenters. The Morgan fingerprint density at radius 1 is 1.11 bits per heavy atom. The summed E-state index contributed by atoms with van der Waals surface area (Å²) >= 11 is 0. The Kier molecular flexibility index (Phi) is 4.66. The number of aryl methyl sites for hydroxylation is 1. The molecular formula is C17H19N5O4S. The van der Waals surface area contributed by atoms with Gasteiger partial charge in [0.25, 0.3) is 5.16 Å². The molecule has 1 aliphatic rings. The summed E-state index contributed by atoms with van der Waals surface area (Å²) in [5.74, 6) is 0.733. The molecule has 27 heavy (non-hydrogen) atoms. The first-order valence-corrected chi connectivity index (χ1v) is 10.2. The quantitative estimate of drug-likeness (QED) is 0.645. The van der Waals surface area contributed by atoms with Gasteiger partial charge in [-0.15, -0.1) is 10.2 Å². The summed E-state index contributed by atoms with van der Waals surface area (Å²) in [6, 6.07) is 10.8. The summed E-state index contributed by atoms with van der Waals surface area (Å²) in [5.41, 5.74) is 1.02. The van der Waals surface area contributed by atoms with Crippen molar-refractivity contribution in [3.05, 3.63) is 47.9 Å². The van der Waals surface area contributed by atoms with Crippen molar-refractivity contribution in [2.75, 3.05) is 31.2 Å². The third kappa shape index (κ3) is 3.58. The number of sulfone groups is 1. The van der Waals surface area contributed by atoms with Gasteiger partial charge in [-0.25, -0.2) is 8.42 Å². The number of ether oxygens (including phenoxy) is 1. The maximum atomic E-state index is 13.1. The van der Waals surface area contributed by atoms with Crippen molar-refractivity contribution in [1.29, 1.82) is 0 Å². The minimum atomic E-state index is -3.79. The molecule has 2 aromatic heterocycles. The first kappa shape index (κ1) is 17.7. The van der Waals surface area contributed by atoms with Crippen molar-refractivity contribution in [3.63, 3.8) is 0 Å². The van der Waals surface area contributed by atoms with Gasteiger partial charge in [-0.1, -0.05) is 23.4 Å². The molecule has 0 unspecified atom stereocenters. The Morgan fingerprint density at radius 2 is 1.85 bits per heavy atom. The Hall–Kier alpha value is -2.72. The summed E-state index contributed by atoms with van der Waals surface area (Å²) in [7, 11) is -3.79. The molecule has 1 fully saturated rings. The van der Waals surface area contributed by atoms with Gasteiger partial charge in [-0.05, 0) is 19.1 Å². The zero-order valence-corrected chi connectivity index (χ0v) is 15.6. The van der Waals surface area contributed by atoms with Crippen molar-refractivity contribution in [1.82, 2.24) is 19.9 Å². The molecule has 0 bridgehead atoms. The van der Waals surface area contributed by atoms with E-state index in [0.29, 0.717) is 49.4 Å². The van der Waals surface area contributed by atoms with Gasteiger partial charge < -0.3 is 14.2 Å². The topological polar surface area (TPSA) is 103 Å². The van der Waals surface area contributed by atoms with E-state index in [1.165, 1.54) is 0 Å². The second kappa shape index (κ2) is 7.12. The minimum Gasteiger partial charge on any atom is -0.378 e. The molecule has 3 aromatic rings. The van der Waals surface area contributed by atoms with Gasteiger partial charge in [-0.2, -0.15) is 0 Å². The fourth-order valence-electron chi connectivity index (χ4n) is 2.98. The van der Waals surface area contributed by atoms with Crippen LogP contribution in [-0.2, 0) is 20.3 Å². The van der Waals surface area contributed by atoms with E-state index in [1.54, 1.807) is 17.6 Å². The second-order valence-corrected chi connectivity index (χ2v) is 8.12. The lowest BCUT2D eigenvalue weighted by atomic mass is 10.3. The highest BCUT2D eigenvalue weighted by Crippen LogP contribution is 2.25. The largest absolute Gasteiger partial charge is 0.378 e. The highest BCUT2D eigenvalue weighted by Gasteiger charge is 2.29. The molecule has 0 spiro atoms. The lowest BCUT2D eigenvalue weighted by Gasteiger charge is -2.27. The highest BCUT2D eigenvalue weighted by atomic mass is 32.2. The fraction of sp³-hybridized carbons (Fsp3) is 0.353. The molecule has 0 saturated carbocycles. The molecule has 1 aromatic carbocycles. The smallest absolute Gasteiger partial charge is 0.256 e. The van der Waals surface area contributed by atoms with Gasteiger partial charge in [0.15, 0.2) is 0 Å². The monoisotopic (exact) mass is 389 g/mol. The number of hydrogen-bond acceptors (Lipinski definition) is 8. The molecule has 0 radical (unpaired) electrons. The fourth-order valence-corrected chi connectivity index (χ4v) is 4.26. The van der Waals surface area contributed by atoms with Gasteiger partial charge in [-0.3, -0.25) is 4.57 Å². The van der Waals surface area contributed by atoms with Crippen molar-refractivity contribution < 1.29 is 17.7 Å². The molecule has 0 amide bonds. The standard InChI is InChI=1S/C17H19N5O4S/c1-13-11-14(20-26-13)12-27(23,24)17-19-18-16(21-7-9-25-10-8-21)22(17)15-5-3-2-4-6-15/h2-6,11H,7-10,12H2,1H3. The van der Waals surface area contributed by atoms with Crippen LogP contribution >= 0.6 is 0 Å². The van der Waals surface area contributed by atoms with Gasteiger partial charge in [0.1, 0.15) is 11.5 Å². The van der Waals surface area contributed by atoms with Crippen LogP contribution in [0.5, 0.6) is 0 Å². The zero-order valence-electron chi connectivity index (χ0n) is 14.8. The third-order valence-electron chi connectivity index (χ3n) is 4.22. The highest BCUT2D eigenvalue weighted by molar-refractivity contribution is 7.90. The van der Waals surface area contributed by atoms with Crippen molar-refractivity contribution in [3.8, 4) is 5.69 Å². The van der Waals surface area contributed by atoms with Crippen LogP contribution in [0.4, 0.5) is 5.95 Å². The Labute approximate surface area is 156 Å². The predicted molar refractivity (Wildman–Crippen MR) is 96.5 cm³/mol. The number of aromatic nitrogens is 4. The van der Waals surface area contributed by atoms with Crippen LogP contribution in [0, 0.1) is 6.92 Å². The van der Waals surface area contributed by atoms with Crippen LogP contribution in [0.2, 0.25) is 0 Å². The Balaban J connectivity index is 1.79. The second-order valence-electron chi connectivity index (χ2n) is 6.24. The molecule has 0 N–H and O–H groups in total. The Bertz CT molecular complexity index is 1020. The van der Waals surface area contributed by atoms with Crippen LogP contribution < -0.4 is 4.90 Å². The van der Waals surface area contributed by atoms with E-state index in [4.69, 9.17) is 9.26 Å². The van der Waals surface area contributed by atoms with E-state index < -0.39 is 9.84 Å². The summed E-state index contributed by atoms with van der Waals surface area (Å²) in [5, 5.41) is 11.9. The van der Waals surface area contributed by atoms with Crippen molar-refractivity contribution in [2.45, 2.75) is 17.8 Å². The SMILES string of the molecule is Cc1cc(CS(=O)(=O)c2nnc(N3CCOCC3)n2-c2ccccc2)no1. The van der Waals surface area contributed by atoms with Crippen LogP contribution in [0.1, 0.15) is 11.5 Å². The van der Waals surface area contributed by atoms with Crippen LogP contribution in [0.15, 0.2) is 46.1 Å². The van der Waals surface area contributed by atoms with Gasteiger partial charge >= 0.3 is 0 Å². The average Bonchev–Trinajstić information content (AvgIpc) is 3.29. The number of morpholine rings is 1. The van der Waals surface area contributed by atoms with E-state index in [-0.39, 0.29) is 10.9 Å². The normalized spacial score (nSPS) is 15.2. The summed E-state index contributed by atoms with van der Waals surface area (Å²) in [6.07, 6.45) is 0. The van der Waals surface area contributed by atoms with E-state index in [0.717, 1.165) is 0 Å². The van der Waals surface area contributed by atoms with Crippen LogP contribution in [0.25, 0.3) is 5.69 Å². The number of benzene rings is 1. The van der Waals surface area contributed by atoms with Gasteiger partial charge in [0.2, 0.25) is 15.8 Å². The molecule has 3 heterocycles. The van der Waals surface area contributed by atoms with Crippen molar-refractivity contribution >= 4 is 15.8 Å². The molecule has 142 valence electrons. The average molecular weight is 389 g/mol. The summed E-state index contributed by atoms with van der Waals surface area (Å²) in [4.78, 5) is 1.97. The summed E-state index contributed by atoms with van der Waals surface area (Å²) < 4.78 is 38.1.